The summed E-state index contributed by atoms with van der Waals surface area (Å²) in [4.78, 5) is 37.2. The largest absolute Gasteiger partial charge is 0.469 e. The van der Waals surface area contributed by atoms with Crippen molar-refractivity contribution in [1.29, 1.82) is 0 Å². The minimum absolute atomic E-state index is 0.101. The zero-order chi connectivity index (χ0) is 14.5. The molecular weight excluding hydrogens is 260 g/mol. The quantitative estimate of drug-likeness (QED) is 0.808. The lowest BCUT2D eigenvalue weighted by atomic mass is 10.1. The third-order valence-electron chi connectivity index (χ3n) is 2.90. The van der Waals surface area contributed by atoms with Gasteiger partial charge in [0.25, 0.3) is 11.5 Å². The average Bonchev–Trinajstić information content (AvgIpc) is 2.47. The molecule has 0 atom stereocenters. The molecule has 2 aromatic rings. The number of esters is 1. The van der Waals surface area contributed by atoms with Gasteiger partial charge in [0.15, 0.2) is 0 Å². The monoisotopic (exact) mass is 274 g/mol. The van der Waals surface area contributed by atoms with Gasteiger partial charge in [-0.15, -0.1) is 0 Å². The van der Waals surface area contributed by atoms with Crippen molar-refractivity contribution in [1.82, 2.24) is 10.3 Å². The maximum atomic E-state index is 12.1. The lowest BCUT2D eigenvalue weighted by Crippen LogP contribution is -2.27. The van der Waals surface area contributed by atoms with Crippen LogP contribution < -0.4 is 10.9 Å². The Balaban J connectivity index is 2.21. The van der Waals surface area contributed by atoms with E-state index in [4.69, 9.17) is 0 Å². The van der Waals surface area contributed by atoms with Crippen LogP contribution >= 0.6 is 0 Å². The predicted molar refractivity (Wildman–Crippen MR) is 73.5 cm³/mol. The molecule has 0 radical (unpaired) electrons. The number of carbonyl (C=O) groups excluding carboxylic acids is 2. The molecule has 6 nitrogen and oxygen atoms in total. The van der Waals surface area contributed by atoms with E-state index < -0.39 is 5.97 Å². The number of hydrogen-bond donors (Lipinski definition) is 2. The zero-order valence-electron chi connectivity index (χ0n) is 10.9. The summed E-state index contributed by atoms with van der Waals surface area (Å²) < 4.78 is 4.49. The molecule has 20 heavy (non-hydrogen) atoms. The average molecular weight is 274 g/mol. The number of aromatic amines is 1. The molecule has 1 amide bonds. The fourth-order valence-electron chi connectivity index (χ4n) is 1.87. The van der Waals surface area contributed by atoms with E-state index >= 15 is 0 Å². The number of fused-ring (bicyclic) bond motifs is 1. The molecule has 1 aromatic heterocycles. The number of rotatable bonds is 4. The number of pyridine rings is 1. The summed E-state index contributed by atoms with van der Waals surface area (Å²) in [6.07, 6.45) is 1.47. The second-order valence-electron chi connectivity index (χ2n) is 4.16. The summed E-state index contributed by atoms with van der Waals surface area (Å²) in [6, 6.07) is 6.85. The van der Waals surface area contributed by atoms with Crippen LogP contribution in [0.2, 0.25) is 0 Å². The minimum atomic E-state index is -0.392. The molecule has 104 valence electrons. The van der Waals surface area contributed by atoms with Crippen molar-refractivity contribution < 1.29 is 14.3 Å². The van der Waals surface area contributed by atoms with Gasteiger partial charge in [-0.05, 0) is 6.07 Å². The summed E-state index contributed by atoms with van der Waals surface area (Å²) in [7, 11) is 1.29. The molecule has 2 rings (SSSR count). The van der Waals surface area contributed by atoms with Crippen molar-refractivity contribution in [2.24, 2.45) is 0 Å². The molecule has 0 fully saturated rings. The van der Waals surface area contributed by atoms with E-state index in [0.29, 0.717) is 16.3 Å². The molecule has 0 unspecified atom stereocenters. The summed E-state index contributed by atoms with van der Waals surface area (Å²) in [5.74, 6) is -0.738. The van der Waals surface area contributed by atoms with E-state index in [9.17, 15) is 14.4 Å². The fourth-order valence-corrected chi connectivity index (χ4v) is 1.87. The van der Waals surface area contributed by atoms with Crippen molar-refractivity contribution in [3.8, 4) is 0 Å². The molecule has 2 N–H and O–H groups in total. The van der Waals surface area contributed by atoms with Gasteiger partial charge < -0.3 is 15.0 Å². The molecule has 0 saturated carbocycles. The van der Waals surface area contributed by atoms with E-state index in [1.165, 1.54) is 13.3 Å². The Morgan fingerprint density at radius 3 is 2.65 bits per heavy atom. The van der Waals surface area contributed by atoms with Crippen LogP contribution in [-0.2, 0) is 9.53 Å². The van der Waals surface area contributed by atoms with Gasteiger partial charge in [0.05, 0.1) is 19.1 Å². The van der Waals surface area contributed by atoms with Crippen LogP contribution in [0.3, 0.4) is 0 Å². The highest BCUT2D eigenvalue weighted by atomic mass is 16.5. The first-order valence-corrected chi connectivity index (χ1v) is 6.09. The first-order chi connectivity index (χ1) is 9.63. The van der Waals surface area contributed by atoms with E-state index in [0.717, 1.165) is 0 Å². The normalized spacial score (nSPS) is 10.2. The Morgan fingerprint density at radius 1 is 1.25 bits per heavy atom. The standard InChI is InChI=1S/C14H14N2O4/c1-20-12(17)6-7-15-14(19)11-8-16-13(18)10-5-3-2-4-9(10)11/h2-5,8H,6-7H2,1H3,(H,15,19)(H,16,18). The Labute approximate surface area is 114 Å². The number of benzene rings is 1. The summed E-state index contributed by atoms with van der Waals surface area (Å²) in [5, 5.41) is 3.64. The molecule has 0 aliphatic heterocycles. The number of carbonyl (C=O) groups is 2. The Morgan fingerprint density at radius 2 is 1.95 bits per heavy atom. The molecule has 0 spiro atoms. The van der Waals surface area contributed by atoms with Crippen LogP contribution in [-0.4, -0.2) is 30.5 Å². The van der Waals surface area contributed by atoms with Gasteiger partial charge in [0, 0.05) is 23.5 Å². The van der Waals surface area contributed by atoms with E-state index in [1.807, 2.05) is 0 Å². The summed E-state index contributed by atoms with van der Waals surface area (Å²) in [5.41, 5.74) is 0.122. The maximum absolute atomic E-state index is 12.1. The number of hydrogen-bond acceptors (Lipinski definition) is 4. The molecule has 6 heteroatoms. The number of methoxy groups -OCH3 is 1. The zero-order valence-corrected chi connectivity index (χ0v) is 10.9. The smallest absolute Gasteiger partial charge is 0.307 e. The van der Waals surface area contributed by atoms with E-state index in [-0.39, 0.29) is 24.4 Å². The van der Waals surface area contributed by atoms with Gasteiger partial charge in [-0.2, -0.15) is 0 Å². The number of ether oxygens (including phenoxy) is 1. The number of H-pyrrole nitrogens is 1. The van der Waals surface area contributed by atoms with Crippen molar-refractivity contribution in [2.75, 3.05) is 13.7 Å². The summed E-state index contributed by atoms with van der Waals surface area (Å²) >= 11 is 0. The van der Waals surface area contributed by atoms with Crippen LogP contribution in [0.1, 0.15) is 16.8 Å². The Hall–Kier alpha value is -2.63. The molecular formula is C14H14N2O4. The molecule has 0 aliphatic carbocycles. The number of amides is 1. The topological polar surface area (TPSA) is 88.3 Å². The molecule has 1 aromatic carbocycles. The highest BCUT2D eigenvalue weighted by molar-refractivity contribution is 6.06. The first kappa shape index (κ1) is 13.8. The highest BCUT2D eigenvalue weighted by Gasteiger charge is 2.11. The van der Waals surface area contributed by atoms with Gasteiger partial charge in [0.2, 0.25) is 0 Å². The lowest BCUT2D eigenvalue weighted by Gasteiger charge is -2.07. The second-order valence-corrected chi connectivity index (χ2v) is 4.16. The van der Waals surface area contributed by atoms with Crippen molar-refractivity contribution in [3.05, 3.63) is 46.4 Å². The fraction of sp³-hybridized carbons (Fsp3) is 0.214. The number of nitrogens with one attached hydrogen (secondary N) is 2. The second kappa shape index (κ2) is 6.01. The third-order valence-corrected chi connectivity index (χ3v) is 2.90. The van der Waals surface area contributed by atoms with Gasteiger partial charge in [-0.25, -0.2) is 0 Å². The Kier molecular flexibility index (Phi) is 4.14. The van der Waals surface area contributed by atoms with Crippen molar-refractivity contribution in [2.45, 2.75) is 6.42 Å². The Bertz CT molecular complexity index is 706. The molecule has 0 bridgehead atoms. The van der Waals surface area contributed by atoms with Crippen LogP contribution in [0.4, 0.5) is 0 Å². The minimum Gasteiger partial charge on any atom is -0.469 e. The third kappa shape index (κ3) is 2.85. The van der Waals surface area contributed by atoms with Crippen LogP contribution in [0.5, 0.6) is 0 Å². The van der Waals surface area contributed by atoms with Gasteiger partial charge in [-0.1, -0.05) is 18.2 Å². The van der Waals surface area contributed by atoms with Gasteiger partial charge in [0.1, 0.15) is 0 Å². The van der Waals surface area contributed by atoms with Gasteiger partial charge in [-0.3, -0.25) is 14.4 Å². The van der Waals surface area contributed by atoms with Crippen LogP contribution in [0, 0.1) is 0 Å². The van der Waals surface area contributed by atoms with Crippen molar-refractivity contribution in [3.63, 3.8) is 0 Å². The highest BCUT2D eigenvalue weighted by Crippen LogP contribution is 2.13. The number of aromatic nitrogens is 1. The molecule has 1 heterocycles. The SMILES string of the molecule is COC(=O)CCNC(=O)c1c[nH]c(=O)c2ccccc12. The maximum Gasteiger partial charge on any atom is 0.307 e. The molecule has 0 aliphatic rings. The first-order valence-electron chi connectivity index (χ1n) is 6.09. The van der Waals surface area contributed by atoms with Crippen molar-refractivity contribution >= 4 is 22.6 Å². The van der Waals surface area contributed by atoms with E-state index in [1.54, 1.807) is 24.3 Å². The predicted octanol–water partition coefficient (Wildman–Crippen LogP) is 0.821. The van der Waals surface area contributed by atoms with Crippen LogP contribution in [0.25, 0.3) is 10.8 Å². The lowest BCUT2D eigenvalue weighted by molar-refractivity contribution is -0.140. The van der Waals surface area contributed by atoms with Crippen LogP contribution in [0.15, 0.2) is 35.3 Å². The summed E-state index contributed by atoms with van der Waals surface area (Å²) in [6.45, 7) is 0.180. The van der Waals surface area contributed by atoms with Gasteiger partial charge >= 0.3 is 5.97 Å². The van der Waals surface area contributed by atoms with E-state index in [2.05, 4.69) is 15.0 Å². The molecule has 0 saturated heterocycles.